The molecule has 0 aromatic rings. The summed E-state index contributed by atoms with van der Waals surface area (Å²) in [5.41, 5.74) is 0. The predicted molar refractivity (Wildman–Crippen MR) is 84.5 cm³/mol. The van der Waals surface area contributed by atoms with Gasteiger partial charge in [-0.15, -0.1) is 0 Å². The average Bonchev–Trinajstić information content (AvgIpc) is 2.39. The molecular weight excluding hydrogens is 345 g/mol. The van der Waals surface area contributed by atoms with Crippen molar-refractivity contribution < 1.29 is 21.2 Å². The summed E-state index contributed by atoms with van der Waals surface area (Å²) in [7, 11) is 0. The van der Waals surface area contributed by atoms with Gasteiger partial charge in [0.25, 0.3) is 0 Å². The molecule has 0 saturated heterocycles. The van der Waals surface area contributed by atoms with Crippen molar-refractivity contribution in [2.75, 3.05) is 4.43 Å². The molecule has 2 heteroatoms. The second kappa shape index (κ2) is 11.4. The molecule has 0 aromatic carbocycles. The minimum atomic E-state index is 0.270. The molecule has 0 amide bonds. The van der Waals surface area contributed by atoms with Gasteiger partial charge < -0.3 is 0 Å². The summed E-state index contributed by atoms with van der Waals surface area (Å²) in [5, 5.41) is 0. The van der Waals surface area contributed by atoms with E-state index in [0.29, 0.717) is 11.8 Å². The number of alkyl halides is 2. The van der Waals surface area contributed by atoms with Gasteiger partial charge in [-0.1, -0.05) is 0 Å². The fourth-order valence-corrected chi connectivity index (χ4v) is 3.82. The average molecular weight is 374 g/mol. The fourth-order valence-electron chi connectivity index (χ4n) is 1.43. The van der Waals surface area contributed by atoms with E-state index in [0.717, 1.165) is 16.3 Å². The van der Waals surface area contributed by atoms with Crippen LogP contribution in [0.5, 0.6) is 0 Å². The first-order chi connectivity index (χ1) is 9.01. The minimum absolute atomic E-state index is 0.270. The molecule has 0 rings (SSSR count). The zero-order valence-electron chi connectivity index (χ0n) is 12.8. The van der Waals surface area contributed by atoms with Gasteiger partial charge in [-0.25, -0.2) is 0 Å². The molecule has 0 aliphatic carbocycles. The number of halogens is 1. The van der Waals surface area contributed by atoms with Crippen molar-refractivity contribution in [1.82, 2.24) is 0 Å². The van der Waals surface area contributed by atoms with Gasteiger partial charge in [0.1, 0.15) is 0 Å². The van der Waals surface area contributed by atoms with Gasteiger partial charge in [-0.2, -0.15) is 0 Å². The van der Waals surface area contributed by atoms with Crippen LogP contribution in [0, 0.1) is 17.8 Å². The van der Waals surface area contributed by atoms with E-state index in [1.165, 1.54) is 4.43 Å². The van der Waals surface area contributed by atoms with Gasteiger partial charge in [-0.3, -0.25) is 0 Å². The van der Waals surface area contributed by atoms with Crippen molar-refractivity contribution in [3.63, 3.8) is 0 Å². The van der Waals surface area contributed by atoms with Gasteiger partial charge in [0.2, 0.25) is 0 Å². The number of allylic oxidation sites excluding steroid dienone is 3. The summed E-state index contributed by atoms with van der Waals surface area (Å²) in [4.78, 5) is 4.36. The maximum atomic E-state index is 4.36. The number of hydrogen-bond donors (Lipinski definition) is 0. The third-order valence-electron chi connectivity index (χ3n) is 2.95. The topological polar surface area (TPSA) is 12.4 Å². The Kier molecular flexibility index (Phi) is 11.2. The van der Waals surface area contributed by atoms with Gasteiger partial charge in [-0.05, 0) is 0 Å². The second-order valence-corrected chi connectivity index (χ2v) is 9.03. The predicted octanol–water partition coefficient (Wildman–Crippen LogP) is 1.72. The molecule has 0 N–H and O–H groups in total. The Hall–Kier alpha value is -0.380. The Labute approximate surface area is 130 Å². The Balaban J connectivity index is 3.92. The first-order valence-corrected chi connectivity index (χ1v) is 9.79. The monoisotopic (exact) mass is 374 g/mol. The van der Waals surface area contributed by atoms with E-state index < -0.39 is 0 Å². The molecule has 0 aromatic heterocycles. The molecule has 0 aliphatic heterocycles. The Morgan fingerprint density at radius 1 is 1.11 bits per heavy atom. The van der Waals surface area contributed by atoms with Gasteiger partial charge in [0, 0.05) is 0 Å². The van der Waals surface area contributed by atoms with Gasteiger partial charge >= 0.3 is 130 Å². The molecule has 0 spiro atoms. The third kappa shape index (κ3) is 10.1. The van der Waals surface area contributed by atoms with Gasteiger partial charge in [0.05, 0.1) is 0 Å². The summed E-state index contributed by atoms with van der Waals surface area (Å²) in [6, 6.07) is 0. The molecule has 0 saturated carbocycles. The third-order valence-corrected chi connectivity index (χ3v) is 6.86. The normalized spacial score (nSPS) is 17.1. The van der Waals surface area contributed by atoms with E-state index in [2.05, 4.69) is 58.0 Å². The van der Waals surface area contributed by atoms with Crippen molar-refractivity contribution in [3.8, 4) is 0 Å². The molecule has 0 aliphatic rings. The van der Waals surface area contributed by atoms with Crippen LogP contribution in [0.1, 0.15) is 34.1 Å². The molecule has 0 radical (unpaired) electrons. The van der Waals surface area contributed by atoms with Crippen LogP contribution in [0.2, 0.25) is 0 Å². The van der Waals surface area contributed by atoms with Crippen LogP contribution in [0.3, 0.4) is 0 Å². The first kappa shape index (κ1) is 18.6. The number of aliphatic imine (C=N–C) groups is 1. The van der Waals surface area contributed by atoms with E-state index in [-0.39, 0.29) is 21.2 Å². The van der Waals surface area contributed by atoms with Crippen LogP contribution >= 0.6 is 0 Å². The van der Waals surface area contributed by atoms with Crippen molar-refractivity contribution in [1.29, 1.82) is 0 Å². The van der Waals surface area contributed by atoms with Crippen LogP contribution in [-0.2, 0) is 0 Å². The summed E-state index contributed by atoms with van der Waals surface area (Å²) >= 11 is 0.270. The Morgan fingerprint density at radius 3 is 2.32 bits per heavy atom. The van der Waals surface area contributed by atoms with Crippen molar-refractivity contribution in [2.45, 2.75) is 38.0 Å². The summed E-state index contributed by atoms with van der Waals surface area (Å²) in [6.07, 6.45) is 11.3. The molecule has 110 valence electrons. The van der Waals surface area contributed by atoms with E-state index >= 15 is 0 Å². The van der Waals surface area contributed by atoms with Crippen LogP contribution < -0.4 is 21.2 Å². The molecule has 0 fully saturated rings. The van der Waals surface area contributed by atoms with Crippen LogP contribution in [0.4, 0.5) is 0 Å². The molecular formula is C17H29IN-. The van der Waals surface area contributed by atoms with E-state index in [4.69, 9.17) is 0 Å². The number of rotatable bonds is 10. The van der Waals surface area contributed by atoms with Crippen LogP contribution in [0.25, 0.3) is 0 Å². The Bertz CT molecular complexity index is 304. The number of nitrogens with zero attached hydrogens (tertiary/aromatic N) is 1. The van der Waals surface area contributed by atoms with Crippen molar-refractivity contribution in [3.05, 3.63) is 37.6 Å². The first-order valence-electron chi connectivity index (χ1n) is 7.02. The molecule has 3 atom stereocenters. The zero-order valence-corrected chi connectivity index (χ0v) is 15.0. The second-order valence-electron chi connectivity index (χ2n) is 5.30. The molecule has 3 unspecified atom stereocenters. The quantitative estimate of drug-likeness (QED) is 0.239. The van der Waals surface area contributed by atoms with E-state index in [9.17, 15) is 0 Å². The van der Waals surface area contributed by atoms with Crippen LogP contribution in [-0.4, -0.2) is 14.6 Å². The van der Waals surface area contributed by atoms with Crippen molar-refractivity contribution in [2.24, 2.45) is 22.7 Å². The maximum absolute atomic E-state index is 4.36. The fraction of sp³-hybridized carbons (Fsp3) is 0.588. The molecule has 19 heavy (non-hydrogen) atoms. The van der Waals surface area contributed by atoms with E-state index in [1.54, 1.807) is 0 Å². The van der Waals surface area contributed by atoms with Crippen LogP contribution in [0.15, 0.2) is 42.6 Å². The summed E-state index contributed by atoms with van der Waals surface area (Å²) < 4.78 is 2.10. The molecule has 1 nitrogen and oxygen atoms in total. The SMILES string of the molecule is C=CC(C)[I-]CC(C)C/C=C/N=CC(C=C)C(C)C. The molecule has 0 bridgehead atoms. The zero-order chi connectivity index (χ0) is 14.7. The Morgan fingerprint density at radius 2 is 1.79 bits per heavy atom. The van der Waals surface area contributed by atoms with E-state index in [1.807, 2.05) is 18.5 Å². The summed E-state index contributed by atoms with van der Waals surface area (Å²) in [5.74, 6) is 1.71. The molecule has 0 heterocycles. The summed E-state index contributed by atoms with van der Waals surface area (Å²) in [6.45, 7) is 16.7. The number of hydrogen-bond acceptors (Lipinski definition) is 1. The van der Waals surface area contributed by atoms with Crippen molar-refractivity contribution >= 4 is 6.21 Å². The standard InChI is InChI=1S/C17H29IN/c1-7-16(6)18-12-15(5)10-9-11-19-13-17(8-2)14(3)4/h7-9,11,13-17H,1-2,10,12H2,3-6H3/q-1/b11-9+,19-13?. The van der Waals surface area contributed by atoms with Gasteiger partial charge in [0.15, 0.2) is 0 Å².